The van der Waals surface area contributed by atoms with Gasteiger partial charge in [0.1, 0.15) is 0 Å². The Balaban J connectivity index is 1.11. The van der Waals surface area contributed by atoms with Gasteiger partial charge in [-0.2, -0.15) is 0 Å². The van der Waals surface area contributed by atoms with Gasteiger partial charge < -0.3 is 0 Å². The van der Waals surface area contributed by atoms with E-state index in [0.717, 1.165) is 5.66 Å². The van der Waals surface area contributed by atoms with Crippen LogP contribution in [0.5, 0.6) is 0 Å². The van der Waals surface area contributed by atoms with Gasteiger partial charge in [-0.1, -0.05) is 0 Å². The van der Waals surface area contributed by atoms with Gasteiger partial charge in [0, 0.05) is 0 Å². The third-order valence-corrected chi connectivity index (χ3v) is 80.9. The van der Waals surface area contributed by atoms with E-state index in [9.17, 15) is 0 Å². The van der Waals surface area contributed by atoms with Crippen molar-refractivity contribution >= 4 is 53.0 Å². The molecule has 4 aromatic rings. The second kappa shape index (κ2) is 3.33. The van der Waals surface area contributed by atoms with Crippen LogP contribution in [0.25, 0.3) is 0 Å². The number of hydrogen-bond acceptors (Lipinski definition) is 0. The molecular weight excluding hydrogens is 630 g/mol. The number of rotatable bonds is 7. The van der Waals surface area contributed by atoms with Crippen molar-refractivity contribution in [3.05, 3.63) is 121 Å². The van der Waals surface area contributed by atoms with E-state index in [1.54, 1.807) is 21.2 Å². The summed E-state index contributed by atoms with van der Waals surface area (Å²) in [6.45, 7) is -1.23. The van der Waals surface area contributed by atoms with Gasteiger partial charge in [0.25, 0.3) is 0 Å². The summed E-state index contributed by atoms with van der Waals surface area (Å²) in [5, 5.41) is 6.63. The Morgan fingerprint density at radius 3 is 1.35 bits per heavy atom. The molecule has 10 heterocycles. The summed E-state index contributed by atoms with van der Waals surface area (Å²) in [4.78, 5) is 8.36. The minimum absolute atomic E-state index is 0.363. The molecule has 0 N–H and O–H groups in total. The fourth-order valence-corrected chi connectivity index (χ4v) is 133. The van der Waals surface area contributed by atoms with Crippen molar-refractivity contribution in [2.75, 3.05) is 0 Å². The second-order valence-electron chi connectivity index (χ2n) is 16.5. The van der Waals surface area contributed by atoms with Gasteiger partial charge in [-0.15, -0.1) is 0 Å². The Kier molecular flexibility index (Phi) is 1.71. The topological polar surface area (TPSA) is 0 Å². The third-order valence-electron chi connectivity index (χ3n) is 20.3. The zero-order valence-corrected chi connectivity index (χ0v) is 26.8. The van der Waals surface area contributed by atoms with E-state index in [1.165, 1.54) is 33.7 Å². The van der Waals surface area contributed by atoms with Crippen LogP contribution in [0.2, 0.25) is 38.0 Å². The van der Waals surface area contributed by atoms with Crippen LogP contribution in [0, 0.1) is 0 Å². The van der Waals surface area contributed by atoms with Crippen LogP contribution < -0.4 is 21.2 Å². The van der Waals surface area contributed by atoms with Gasteiger partial charge in [0.05, 0.1) is 0 Å². The normalized spacial score (nSPS) is 62.0. The SMILES string of the molecule is CC(P(c1ccccc1)c1ccccc1)[C@@]12[CH]3[CH]4[CH]5[C]1(P(c1ccccc1)c1ccccc1)[Fe]45321678[CH]2[CH]1[CH]6[C]7(Br)[CH]28. The third kappa shape index (κ3) is 0.512. The molecule has 10 aliphatic rings. The number of alkyl halides is 1. The minimum atomic E-state index is -4.04. The Morgan fingerprint density at radius 2 is 1.00 bits per heavy atom. The Hall–Kier alpha value is -1.26. The van der Waals surface area contributed by atoms with E-state index in [2.05, 4.69) is 128 Å². The summed E-state index contributed by atoms with van der Waals surface area (Å²) < 4.78 is 2.01. The standard InChI is InChI=1S/C31H27P2.C5H4Br.Fe/c1-25(32(26-15-6-2-7-16-26)27-17-8-3-9-18-27)30-23-14-24-31(30)33(28-19-10-4-11-20-28)29-21-12-5-13-22-29;6-5-3-1-2-4-5;/h2-25H,1H3;1-4H;. The molecule has 0 aliphatic carbocycles. The number of benzene rings is 4. The maximum atomic E-state index is 4.86. The Bertz CT molecular complexity index is 2250. The van der Waals surface area contributed by atoms with E-state index in [-0.39, 0.29) is 7.92 Å². The maximum absolute atomic E-state index is 4.86. The molecule has 40 heavy (non-hydrogen) atoms. The number of fused-ring (bicyclic) bond motifs is 10. The molecular formula is C36H31BrFeP2. The van der Waals surface area contributed by atoms with Crippen LogP contribution in [0.1, 0.15) is 6.92 Å². The first-order valence-corrected chi connectivity index (χ1v) is 24.8. The van der Waals surface area contributed by atoms with Crippen LogP contribution in [0.15, 0.2) is 121 Å². The average molecular weight is 661 g/mol. The van der Waals surface area contributed by atoms with Gasteiger partial charge in [-0.3, -0.25) is 0 Å². The molecule has 1 spiro atoms. The molecule has 0 amide bonds. The Labute approximate surface area is 237 Å². The predicted molar refractivity (Wildman–Crippen MR) is 171 cm³/mol. The summed E-state index contributed by atoms with van der Waals surface area (Å²) in [6, 6.07) is 47.6. The van der Waals surface area contributed by atoms with E-state index in [1.807, 2.05) is 0 Å². The number of halogens is 1. The van der Waals surface area contributed by atoms with Crippen molar-refractivity contribution < 1.29 is 6.51 Å². The van der Waals surface area contributed by atoms with Gasteiger partial charge in [-0.05, 0) is 0 Å². The van der Waals surface area contributed by atoms with Gasteiger partial charge in [-0.25, -0.2) is 0 Å². The summed E-state index contributed by atoms with van der Waals surface area (Å²) >= 11 is 4.86. The first-order chi connectivity index (χ1) is 19.4. The zero-order valence-electron chi connectivity index (χ0n) is 22.3. The van der Waals surface area contributed by atoms with Crippen molar-refractivity contribution in [1.29, 1.82) is 0 Å². The van der Waals surface area contributed by atoms with Crippen molar-refractivity contribution in [3.8, 4) is 0 Å². The molecule has 9 unspecified atom stereocenters. The quantitative estimate of drug-likeness (QED) is 0.106. The molecule has 0 nitrogen and oxygen atoms in total. The molecule has 10 aliphatic heterocycles. The van der Waals surface area contributed by atoms with Crippen molar-refractivity contribution in [1.82, 2.24) is 0 Å². The van der Waals surface area contributed by atoms with Crippen LogP contribution in [0.4, 0.5) is 0 Å². The molecule has 0 radical (unpaired) electrons. The van der Waals surface area contributed by atoms with E-state index in [4.69, 9.17) is 15.9 Å². The van der Waals surface area contributed by atoms with Gasteiger partial charge in [0.15, 0.2) is 0 Å². The van der Waals surface area contributed by atoms with E-state index < -0.39 is 14.4 Å². The van der Waals surface area contributed by atoms with Crippen molar-refractivity contribution in [2.24, 2.45) is 0 Å². The summed E-state index contributed by atoms with van der Waals surface area (Å²) in [5.41, 5.74) is 0.781. The van der Waals surface area contributed by atoms with Gasteiger partial charge >= 0.3 is 239 Å². The molecule has 4 heteroatoms. The molecule has 4 aromatic carbocycles. The molecule has 10 saturated heterocycles. The fourth-order valence-electron chi connectivity index (χ4n) is 22.1. The monoisotopic (exact) mass is 660 g/mol. The van der Waals surface area contributed by atoms with E-state index in [0.29, 0.717) is 11.6 Å². The molecule has 10 fully saturated rings. The van der Waals surface area contributed by atoms with Gasteiger partial charge in [0.2, 0.25) is 0 Å². The summed E-state index contributed by atoms with van der Waals surface area (Å²) in [5.74, 6) is 0. The predicted octanol–water partition coefficient (Wildman–Crippen LogP) is 8.61. The first kappa shape index (κ1) is 20.6. The van der Waals surface area contributed by atoms with Crippen molar-refractivity contribution in [3.63, 3.8) is 0 Å². The molecule has 14 rings (SSSR count). The molecule has 10 atom stereocenters. The second-order valence-corrected chi connectivity index (χ2v) is 46.8. The summed E-state index contributed by atoms with van der Waals surface area (Å²) in [6.07, 6.45) is 0. The molecule has 200 valence electrons. The summed E-state index contributed by atoms with van der Waals surface area (Å²) in [7, 11) is -0.774. The van der Waals surface area contributed by atoms with Crippen LogP contribution in [-0.2, 0) is 6.51 Å². The van der Waals surface area contributed by atoms with E-state index >= 15 is 0 Å². The number of hydrogen-bond donors (Lipinski definition) is 0. The van der Waals surface area contributed by atoms with Crippen LogP contribution in [-0.4, -0.2) is 12.9 Å². The molecule has 0 aromatic heterocycles. The fraction of sp³-hybridized carbons (Fsp3) is 0.333. The zero-order chi connectivity index (χ0) is 26.0. The molecule has 0 bridgehead atoms. The first-order valence-electron chi connectivity index (χ1n) is 15.1. The average Bonchev–Trinajstić information content (AvgIpc) is 3.97. The van der Waals surface area contributed by atoms with Crippen molar-refractivity contribution in [2.45, 2.75) is 57.9 Å². The van der Waals surface area contributed by atoms with Crippen LogP contribution in [0.3, 0.4) is 0 Å². The molecule has 0 saturated carbocycles. The Morgan fingerprint density at radius 1 is 0.575 bits per heavy atom. The van der Waals surface area contributed by atoms with Crippen LogP contribution >= 0.6 is 31.8 Å².